The van der Waals surface area contributed by atoms with Crippen LogP contribution in [0, 0.1) is 21.4 Å². The largest absolute Gasteiger partial charge is 0.493 e. The van der Waals surface area contributed by atoms with E-state index in [2.05, 4.69) is 5.32 Å². The van der Waals surface area contributed by atoms with Gasteiger partial charge in [-0.3, -0.25) is 14.9 Å². The number of carbonyl (C=O) groups excluding carboxylic acids is 2. The lowest BCUT2D eigenvalue weighted by Crippen LogP contribution is -2.23. The third kappa shape index (κ3) is 6.05. The summed E-state index contributed by atoms with van der Waals surface area (Å²) in [6, 6.07) is 20.7. The fourth-order valence-corrected chi connectivity index (χ4v) is 2.92. The molecule has 0 radical (unpaired) electrons. The van der Waals surface area contributed by atoms with E-state index in [1.807, 2.05) is 36.4 Å². The molecule has 34 heavy (non-hydrogen) atoms. The molecule has 0 fully saturated rings. The second kappa shape index (κ2) is 11.1. The Morgan fingerprint density at radius 3 is 2.38 bits per heavy atom. The minimum atomic E-state index is -0.727. The fraction of sp³-hybridized carbons (Fsp3) is 0.0800. The summed E-state index contributed by atoms with van der Waals surface area (Å²) in [6.45, 7) is 0.277. The topological polar surface area (TPSA) is 132 Å². The summed E-state index contributed by atoms with van der Waals surface area (Å²) in [5.41, 5.74) is 1.26. The minimum Gasteiger partial charge on any atom is -0.493 e. The lowest BCUT2D eigenvalue weighted by atomic mass is 10.1. The van der Waals surface area contributed by atoms with Crippen molar-refractivity contribution in [2.24, 2.45) is 0 Å². The zero-order chi connectivity index (χ0) is 24.5. The number of nitrogens with zero attached hydrogens (tertiary/aromatic N) is 2. The molecule has 0 aliphatic carbocycles. The second-order valence-electron chi connectivity index (χ2n) is 6.94. The van der Waals surface area contributed by atoms with Crippen LogP contribution in [-0.4, -0.2) is 23.9 Å². The Morgan fingerprint density at radius 2 is 1.76 bits per heavy atom. The van der Waals surface area contributed by atoms with Crippen molar-refractivity contribution in [1.82, 2.24) is 5.32 Å². The highest BCUT2D eigenvalue weighted by molar-refractivity contribution is 6.01. The van der Waals surface area contributed by atoms with Crippen molar-refractivity contribution >= 4 is 23.6 Å². The molecule has 0 aliphatic heterocycles. The molecule has 9 heteroatoms. The maximum Gasteiger partial charge on any atom is 0.343 e. The van der Waals surface area contributed by atoms with E-state index in [0.717, 1.165) is 5.56 Å². The van der Waals surface area contributed by atoms with Gasteiger partial charge in [0.1, 0.15) is 11.6 Å². The Labute approximate surface area is 195 Å². The molecule has 0 aliphatic rings. The van der Waals surface area contributed by atoms with E-state index < -0.39 is 16.8 Å². The molecule has 0 heterocycles. The molecule has 0 saturated carbocycles. The first-order valence-electron chi connectivity index (χ1n) is 10.00. The standard InChI is InChI=1S/C25H19N3O6/c1-33-23-14-18(13-20(15-26)24(29)27-16-17-5-3-2-4-6-17)7-12-22(23)34-25(30)19-8-10-21(11-9-19)28(31)32/h2-14H,16H2,1H3,(H,27,29)/b20-13+. The van der Waals surface area contributed by atoms with Crippen molar-refractivity contribution in [3.63, 3.8) is 0 Å². The Hall–Kier alpha value is -4.97. The number of rotatable bonds is 8. The molecule has 0 spiro atoms. The van der Waals surface area contributed by atoms with Gasteiger partial charge in [0.2, 0.25) is 0 Å². The van der Waals surface area contributed by atoms with Gasteiger partial charge in [0.25, 0.3) is 11.6 Å². The number of nitrogens with one attached hydrogen (secondary N) is 1. The quantitative estimate of drug-likeness (QED) is 0.135. The first-order chi connectivity index (χ1) is 16.4. The van der Waals surface area contributed by atoms with Crippen LogP contribution in [0.15, 0.2) is 78.4 Å². The van der Waals surface area contributed by atoms with Gasteiger partial charge < -0.3 is 14.8 Å². The molecular formula is C25H19N3O6. The van der Waals surface area contributed by atoms with Crippen LogP contribution < -0.4 is 14.8 Å². The summed E-state index contributed by atoms with van der Waals surface area (Å²) in [5.74, 6) is -0.950. The highest BCUT2D eigenvalue weighted by Gasteiger charge is 2.15. The monoisotopic (exact) mass is 457 g/mol. The van der Waals surface area contributed by atoms with Gasteiger partial charge in [0, 0.05) is 18.7 Å². The maximum atomic E-state index is 12.4. The second-order valence-corrected chi connectivity index (χ2v) is 6.94. The Morgan fingerprint density at radius 1 is 1.06 bits per heavy atom. The van der Waals surface area contributed by atoms with Crippen LogP contribution in [0.4, 0.5) is 5.69 Å². The summed E-state index contributed by atoms with van der Waals surface area (Å²) >= 11 is 0. The van der Waals surface area contributed by atoms with Gasteiger partial charge in [-0.05, 0) is 41.5 Å². The molecule has 0 atom stereocenters. The SMILES string of the molecule is COc1cc(/C=C(\C#N)C(=O)NCc2ccccc2)ccc1OC(=O)c1ccc([N+](=O)[O-])cc1. The van der Waals surface area contributed by atoms with Crippen molar-refractivity contribution in [2.75, 3.05) is 7.11 Å². The number of esters is 1. The van der Waals surface area contributed by atoms with Crippen LogP contribution in [0.5, 0.6) is 11.5 Å². The first kappa shape index (κ1) is 23.7. The van der Waals surface area contributed by atoms with Gasteiger partial charge in [-0.2, -0.15) is 5.26 Å². The van der Waals surface area contributed by atoms with Crippen molar-refractivity contribution in [3.8, 4) is 17.6 Å². The summed E-state index contributed by atoms with van der Waals surface area (Å²) in [4.78, 5) is 35.0. The highest BCUT2D eigenvalue weighted by atomic mass is 16.6. The summed E-state index contributed by atoms with van der Waals surface area (Å²) in [6.07, 6.45) is 1.39. The van der Waals surface area contributed by atoms with Crippen molar-refractivity contribution in [2.45, 2.75) is 6.54 Å². The van der Waals surface area contributed by atoms with Crippen LogP contribution in [0.1, 0.15) is 21.5 Å². The number of ether oxygens (including phenoxy) is 2. The van der Waals surface area contributed by atoms with Crippen LogP contribution in [0.2, 0.25) is 0 Å². The highest BCUT2D eigenvalue weighted by Crippen LogP contribution is 2.30. The molecule has 3 aromatic carbocycles. The number of amides is 1. The van der Waals surface area contributed by atoms with Crippen LogP contribution >= 0.6 is 0 Å². The first-order valence-corrected chi connectivity index (χ1v) is 10.00. The van der Waals surface area contributed by atoms with E-state index in [1.54, 1.807) is 6.07 Å². The van der Waals surface area contributed by atoms with Gasteiger partial charge in [-0.25, -0.2) is 4.79 Å². The number of carbonyl (C=O) groups is 2. The van der Waals surface area contributed by atoms with Crippen LogP contribution in [0.3, 0.4) is 0 Å². The molecule has 0 bridgehead atoms. The Bertz CT molecular complexity index is 1280. The van der Waals surface area contributed by atoms with Gasteiger partial charge in [-0.1, -0.05) is 36.4 Å². The normalized spacial score (nSPS) is 10.6. The van der Waals surface area contributed by atoms with Gasteiger partial charge in [0.05, 0.1) is 17.6 Å². The van der Waals surface area contributed by atoms with E-state index in [9.17, 15) is 25.0 Å². The number of hydrogen-bond donors (Lipinski definition) is 1. The molecule has 170 valence electrons. The van der Waals surface area contributed by atoms with Crippen LogP contribution in [-0.2, 0) is 11.3 Å². The van der Waals surface area contributed by atoms with Gasteiger partial charge in [0.15, 0.2) is 11.5 Å². The molecule has 0 aromatic heterocycles. The number of non-ortho nitro benzene ring substituents is 1. The number of hydrogen-bond acceptors (Lipinski definition) is 7. The molecular weight excluding hydrogens is 438 g/mol. The number of benzene rings is 3. The maximum absolute atomic E-state index is 12.4. The van der Waals surface area contributed by atoms with Crippen molar-refractivity contribution in [3.05, 3.63) is 105 Å². The predicted molar refractivity (Wildman–Crippen MR) is 123 cm³/mol. The molecule has 9 nitrogen and oxygen atoms in total. The fourth-order valence-electron chi connectivity index (χ4n) is 2.92. The molecule has 3 aromatic rings. The molecule has 0 unspecified atom stereocenters. The zero-order valence-corrected chi connectivity index (χ0v) is 18.1. The van der Waals surface area contributed by atoms with Crippen LogP contribution in [0.25, 0.3) is 6.08 Å². The number of nitro benzene ring substituents is 1. The number of nitro groups is 1. The zero-order valence-electron chi connectivity index (χ0n) is 18.1. The average molecular weight is 457 g/mol. The summed E-state index contributed by atoms with van der Waals surface area (Å²) < 4.78 is 10.6. The number of nitriles is 1. The summed E-state index contributed by atoms with van der Waals surface area (Å²) in [5, 5.41) is 22.9. The lowest BCUT2D eigenvalue weighted by molar-refractivity contribution is -0.384. The molecule has 1 N–H and O–H groups in total. The lowest BCUT2D eigenvalue weighted by Gasteiger charge is -2.10. The Kier molecular flexibility index (Phi) is 7.71. The van der Waals surface area contributed by atoms with Crippen molar-refractivity contribution < 1.29 is 24.0 Å². The predicted octanol–water partition coefficient (Wildman–Crippen LogP) is 4.05. The Balaban J connectivity index is 1.73. The van der Waals surface area contributed by atoms with E-state index in [-0.39, 0.29) is 34.9 Å². The smallest absolute Gasteiger partial charge is 0.343 e. The van der Waals surface area contributed by atoms with Gasteiger partial charge >= 0.3 is 5.97 Å². The minimum absolute atomic E-state index is 0.103. The molecule has 3 rings (SSSR count). The van der Waals surface area contributed by atoms with E-state index in [0.29, 0.717) is 5.56 Å². The summed E-state index contributed by atoms with van der Waals surface area (Å²) in [7, 11) is 1.38. The van der Waals surface area contributed by atoms with E-state index in [4.69, 9.17) is 9.47 Å². The number of methoxy groups -OCH3 is 1. The van der Waals surface area contributed by atoms with E-state index in [1.165, 1.54) is 49.6 Å². The van der Waals surface area contributed by atoms with Gasteiger partial charge in [-0.15, -0.1) is 0 Å². The van der Waals surface area contributed by atoms with E-state index >= 15 is 0 Å². The van der Waals surface area contributed by atoms with Crippen molar-refractivity contribution in [1.29, 1.82) is 5.26 Å². The average Bonchev–Trinajstić information content (AvgIpc) is 2.87. The molecule has 0 saturated heterocycles. The third-order valence-electron chi connectivity index (χ3n) is 4.68. The third-order valence-corrected chi connectivity index (χ3v) is 4.68. The molecule has 1 amide bonds.